The molecule has 0 radical (unpaired) electrons. The average Bonchev–Trinajstić information content (AvgIpc) is 2.83. The molecule has 204 valence electrons. The molecule has 1 aromatic carbocycles. The molecule has 3 aliphatic carbocycles. The van der Waals surface area contributed by atoms with Crippen molar-refractivity contribution in [2.45, 2.75) is 25.4 Å². The van der Waals surface area contributed by atoms with E-state index in [9.17, 15) is 29.7 Å². The molecule has 1 aromatic heterocycles. The summed E-state index contributed by atoms with van der Waals surface area (Å²) in [7, 11) is 7.32. The molecule has 10 heteroatoms. The smallest absolute Gasteiger partial charge is 0.255 e. The molecule has 10 nitrogen and oxygen atoms in total. The first-order valence-corrected chi connectivity index (χ1v) is 12.8. The van der Waals surface area contributed by atoms with Gasteiger partial charge in [0.2, 0.25) is 0 Å². The molecule has 2 aromatic rings. The third-order valence-electron chi connectivity index (χ3n) is 8.05. The van der Waals surface area contributed by atoms with E-state index >= 15 is 0 Å². The fraction of sp³-hybridized carbons (Fsp3) is 0.379. The summed E-state index contributed by atoms with van der Waals surface area (Å²) < 4.78 is 0. The number of fused-ring (bicyclic) bond motifs is 3. The Hall–Kier alpha value is -4.02. The standard InChI is InChI=1S/C29H32N4O6/c1-32(2)12-13-7-15(11-31-10-13)16-5-6-19(34)21-17(16)8-14-9-18-22(26(36)20(14)25(21)35)27(37)23(29(30)39)28(38)24(18)33(3)4/h5-7,10-11,14,18,22,24,34,36,38H,8-9,12H2,1-4H3,(H2,30,39)/t14?,18?,22?,24-/m0/s1. The Labute approximate surface area is 226 Å². The highest BCUT2D eigenvalue weighted by Gasteiger charge is 2.54. The van der Waals surface area contributed by atoms with E-state index < -0.39 is 58.4 Å². The highest BCUT2D eigenvalue weighted by Crippen LogP contribution is 2.51. The van der Waals surface area contributed by atoms with Gasteiger partial charge >= 0.3 is 0 Å². The van der Waals surface area contributed by atoms with E-state index in [1.165, 1.54) is 6.07 Å². The van der Waals surface area contributed by atoms with Gasteiger partial charge in [-0.25, -0.2) is 0 Å². The van der Waals surface area contributed by atoms with Crippen molar-refractivity contribution in [1.82, 2.24) is 14.8 Å². The number of phenolic OH excluding ortho intramolecular Hbond substituents is 1. The summed E-state index contributed by atoms with van der Waals surface area (Å²) in [6.07, 6.45) is 4.12. The molecule has 0 bridgehead atoms. The predicted octanol–water partition coefficient (Wildman–Crippen LogP) is 2.13. The van der Waals surface area contributed by atoms with E-state index in [2.05, 4.69) is 4.98 Å². The number of carbonyl (C=O) groups is 3. The SMILES string of the molecule is CN(C)Cc1cncc(-c2ccc(O)c3c2CC2CC4C(C(=O)C(C(N)=O)=C(O)[C@H]4N(C)C)C(O)=C2C3=O)c1. The lowest BCUT2D eigenvalue weighted by molar-refractivity contribution is -0.127. The molecule has 0 saturated heterocycles. The molecule has 5 rings (SSSR count). The number of amides is 1. The Balaban J connectivity index is 1.65. The van der Waals surface area contributed by atoms with Crippen molar-refractivity contribution in [3.63, 3.8) is 0 Å². The summed E-state index contributed by atoms with van der Waals surface area (Å²) in [5, 5.41) is 33.1. The first-order chi connectivity index (χ1) is 18.4. The van der Waals surface area contributed by atoms with Crippen LogP contribution in [0.15, 0.2) is 53.3 Å². The van der Waals surface area contributed by atoms with Gasteiger partial charge in [0.1, 0.15) is 22.8 Å². The van der Waals surface area contributed by atoms with Crippen LogP contribution in [0, 0.1) is 17.8 Å². The summed E-state index contributed by atoms with van der Waals surface area (Å²) in [5.41, 5.74) is 8.21. The highest BCUT2D eigenvalue weighted by atomic mass is 16.3. The number of hydrogen-bond acceptors (Lipinski definition) is 9. The van der Waals surface area contributed by atoms with E-state index in [4.69, 9.17) is 5.73 Å². The molecule has 0 aliphatic heterocycles. The van der Waals surface area contributed by atoms with Crippen molar-refractivity contribution < 1.29 is 29.7 Å². The molecule has 4 atom stereocenters. The van der Waals surface area contributed by atoms with Gasteiger partial charge in [0, 0.05) is 30.1 Å². The van der Waals surface area contributed by atoms with Crippen LogP contribution in [0.25, 0.3) is 11.1 Å². The topological polar surface area (TPSA) is 157 Å². The number of phenols is 1. The number of allylic oxidation sites excluding steroid dienone is 2. The number of likely N-dealkylation sites (N-methyl/N-ethyl adjacent to an activating group) is 1. The number of Topliss-reactive ketones (excluding diaryl/α,β-unsaturated/α-hetero) is 2. The number of aromatic nitrogens is 1. The van der Waals surface area contributed by atoms with Crippen LogP contribution in [0.5, 0.6) is 5.75 Å². The highest BCUT2D eigenvalue weighted by molar-refractivity contribution is 6.22. The van der Waals surface area contributed by atoms with Gasteiger partial charge in [-0.3, -0.25) is 24.3 Å². The fourth-order valence-corrected chi connectivity index (χ4v) is 6.63. The number of carbonyl (C=O) groups excluding carboxylic acids is 3. The Kier molecular flexibility index (Phi) is 6.56. The van der Waals surface area contributed by atoms with Crippen LogP contribution in [0.4, 0.5) is 0 Å². The number of aliphatic hydroxyl groups is 2. The molecule has 1 heterocycles. The van der Waals surface area contributed by atoms with Crippen molar-refractivity contribution in [2.24, 2.45) is 23.5 Å². The van der Waals surface area contributed by atoms with Crippen molar-refractivity contribution >= 4 is 17.5 Å². The van der Waals surface area contributed by atoms with E-state index in [1.54, 1.807) is 37.5 Å². The first-order valence-electron chi connectivity index (χ1n) is 12.8. The number of ketones is 2. The normalized spacial score (nSPS) is 24.7. The molecule has 1 amide bonds. The lowest BCUT2D eigenvalue weighted by atomic mass is 9.60. The zero-order valence-corrected chi connectivity index (χ0v) is 22.3. The van der Waals surface area contributed by atoms with Gasteiger partial charge in [0.05, 0.1) is 17.5 Å². The van der Waals surface area contributed by atoms with Crippen molar-refractivity contribution in [3.05, 3.63) is 69.9 Å². The van der Waals surface area contributed by atoms with E-state index in [0.717, 1.165) is 16.7 Å². The van der Waals surface area contributed by atoms with E-state index in [0.29, 0.717) is 24.9 Å². The first kappa shape index (κ1) is 26.6. The summed E-state index contributed by atoms with van der Waals surface area (Å²) in [6, 6.07) is 4.46. The lowest BCUT2D eigenvalue weighted by Gasteiger charge is -2.46. The number of primary amides is 1. The average molecular weight is 533 g/mol. The third-order valence-corrected chi connectivity index (χ3v) is 8.05. The van der Waals surface area contributed by atoms with Gasteiger partial charge in [-0.15, -0.1) is 0 Å². The molecule has 39 heavy (non-hydrogen) atoms. The molecule has 0 saturated carbocycles. The number of pyridine rings is 1. The number of benzene rings is 1. The van der Waals surface area contributed by atoms with Gasteiger partial charge in [0.25, 0.3) is 5.91 Å². The zero-order chi connectivity index (χ0) is 28.3. The van der Waals surface area contributed by atoms with Crippen LogP contribution in [0.3, 0.4) is 0 Å². The monoisotopic (exact) mass is 532 g/mol. The fourth-order valence-electron chi connectivity index (χ4n) is 6.63. The van der Waals surface area contributed by atoms with Gasteiger partial charge in [-0.1, -0.05) is 6.07 Å². The van der Waals surface area contributed by atoms with Gasteiger partial charge in [-0.05, 0) is 81.7 Å². The zero-order valence-electron chi connectivity index (χ0n) is 22.3. The van der Waals surface area contributed by atoms with Crippen molar-refractivity contribution in [1.29, 1.82) is 0 Å². The minimum atomic E-state index is -1.20. The van der Waals surface area contributed by atoms with Crippen LogP contribution in [-0.2, 0) is 22.6 Å². The molecule has 0 spiro atoms. The molecule has 5 N–H and O–H groups in total. The minimum absolute atomic E-state index is 0.0618. The molecular weight excluding hydrogens is 500 g/mol. The summed E-state index contributed by atoms with van der Waals surface area (Å²) in [4.78, 5) is 47.4. The second-order valence-electron chi connectivity index (χ2n) is 11.1. The van der Waals surface area contributed by atoms with E-state index in [-0.39, 0.29) is 16.9 Å². The second-order valence-corrected chi connectivity index (χ2v) is 11.1. The molecule has 0 fully saturated rings. The number of nitrogens with two attached hydrogens (primary N) is 1. The number of aromatic hydroxyl groups is 1. The number of rotatable bonds is 5. The summed E-state index contributed by atoms with van der Waals surface area (Å²) >= 11 is 0. The van der Waals surface area contributed by atoms with Crippen LogP contribution >= 0.6 is 0 Å². The number of nitrogens with zero attached hydrogens (tertiary/aromatic N) is 3. The largest absolute Gasteiger partial charge is 0.511 e. The Bertz CT molecular complexity index is 1470. The van der Waals surface area contributed by atoms with Crippen molar-refractivity contribution in [2.75, 3.05) is 28.2 Å². The van der Waals surface area contributed by atoms with Crippen LogP contribution in [-0.4, -0.2) is 81.8 Å². The lowest BCUT2D eigenvalue weighted by Crippen LogP contribution is -2.53. The molecular formula is C29H32N4O6. The summed E-state index contributed by atoms with van der Waals surface area (Å²) in [5.74, 6) is -5.76. The maximum absolute atomic E-state index is 13.9. The Morgan fingerprint density at radius 1 is 1.08 bits per heavy atom. The Morgan fingerprint density at radius 3 is 2.44 bits per heavy atom. The maximum atomic E-state index is 13.9. The third kappa shape index (κ3) is 4.20. The van der Waals surface area contributed by atoms with Gasteiger partial charge < -0.3 is 26.0 Å². The second kappa shape index (κ2) is 9.62. The molecule has 3 unspecified atom stereocenters. The van der Waals surface area contributed by atoms with Crippen LogP contribution < -0.4 is 5.73 Å². The van der Waals surface area contributed by atoms with E-state index in [1.807, 2.05) is 25.1 Å². The van der Waals surface area contributed by atoms with Crippen molar-refractivity contribution in [3.8, 4) is 16.9 Å². The number of hydrogen-bond donors (Lipinski definition) is 4. The predicted molar refractivity (Wildman–Crippen MR) is 143 cm³/mol. The van der Waals surface area contributed by atoms with Crippen LogP contribution in [0.1, 0.15) is 27.9 Å². The minimum Gasteiger partial charge on any atom is -0.511 e. The number of aliphatic hydroxyl groups excluding tert-OH is 2. The Morgan fingerprint density at radius 2 is 1.79 bits per heavy atom. The van der Waals surface area contributed by atoms with Gasteiger partial charge in [-0.2, -0.15) is 0 Å². The summed E-state index contributed by atoms with van der Waals surface area (Å²) in [6.45, 7) is 0.677. The molecule has 3 aliphatic rings. The van der Waals surface area contributed by atoms with Crippen LogP contribution in [0.2, 0.25) is 0 Å². The maximum Gasteiger partial charge on any atom is 0.255 e. The quantitative estimate of drug-likeness (QED) is 0.424. The van der Waals surface area contributed by atoms with Gasteiger partial charge in [0.15, 0.2) is 11.6 Å².